The largest absolute Gasteiger partial charge is 0.497 e. The van der Waals surface area contributed by atoms with Gasteiger partial charge in [0.1, 0.15) is 5.75 Å². The van der Waals surface area contributed by atoms with Crippen LogP contribution in [0.4, 0.5) is 5.69 Å². The van der Waals surface area contributed by atoms with E-state index in [0.29, 0.717) is 0 Å². The number of rotatable bonds is 3. The predicted molar refractivity (Wildman–Crippen MR) is 71.7 cm³/mol. The van der Waals surface area contributed by atoms with Crippen LogP contribution in [0, 0.1) is 5.92 Å². The molecule has 1 aromatic carbocycles. The van der Waals surface area contributed by atoms with E-state index in [4.69, 9.17) is 4.74 Å². The molecule has 1 aliphatic rings. The molecule has 1 aromatic rings. The second-order valence-corrected chi connectivity index (χ2v) is 5.29. The molecule has 2 rings (SSSR count). The number of nitrogens with one attached hydrogen (secondary N) is 1. The van der Waals surface area contributed by atoms with Gasteiger partial charge in [0.25, 0.3) is 0 Å². The van der Waals surface area contributed by atoms with Crippen molar-refractivity contribution in [2.45, 2.75) is 12.8 Å². The van der Waals surface area contributed by atoms with E-state index in [2.05, 4.69) is 5.32 Å². The van der Waals surface area contributed by atoms with E-state index >= 15 is 0 Å². The third kappa shape index (κ3) is 3.40. The highest BCUT2D eigenvalue weighted by Gasteiger charge is 2.21. The van der Waals surface area contributed by atoms with E-state index in [0.717, 1.165) is 30.0 Å². The number of carbonyl (C=O) groups is 1. The summed E-state index contributed by atoms with van der Waals surface area (Å²) in [6, 6.07) is 7.47. The monoisotopic (exact) mass is 251 g/mol. The van der Waals surface area contributed by atoms with Crippen molar-refractivity contribution in [3.63, 3.8) is 0 Å². The first-order chi connectivity index (χ1) is 8.29. The van der Waals surface area contributed by atoms with Crippen molar-refractivity contribution in [2.75, 3.05) is 23.9 Å². The van der Waals surface area contributed by atoms with Crippen molar-refractivity contribution in [3.8, 4) is 5.75 Å². The Balaban J connectivity index is 1.96. The number of hydrogen-bond donors (Lipinski definition) is 1. The molecule has 1 fully saturated rings. The van der Waals surface area contributed by atoms with Crippen molar-refractivity contribution >= 4 is 23.4 Å². The average Bonchev–Trinajstić information content (AvgIpc) is 2.40. The maximum absolute atomic E-state index is 12.0. The second kappa shape index (κ2) is 5.96. The molecule has 1 aliphatic heterocycles. The van der Waals surface area contributed by atoms with Gasteiger partial charge in [-0.2, -0.15) is 11.8 Å². The molecule has 17 heavy (non-hydrogen) atoms. The van der Waals surface area contributed by atoms with E-state index in [9.17, 15) is 4.79 Å². The number of anilines is 1. The van der Waals surface area contributed by atoms with Gasteiger partial charge in [-0.05, 0) is 30.7 Å². The summed E-state index contributed by atoms with van der Waals surface area (Å²) in [6.45, 7) is 0. The van der Waals surface area contributed by atoms with E-state index in [1.54, 1.807) is 7.11 Å². The summed E-state index contributed by atoms with van der Waals surface area (Å²) in [4.78, 5) is 12.0. The zero-order valence-corrected chi connectivity index (χ0v) is 10.8. The summed E-state index contributed by atoms with van der Waals surface area (Å²) in [5.74, 6) is 3.17. The van der Waals surface area contributed by atoms with Crippen LogP contribution >= 0.6 is 11.8 Å². The molecular formula is C13H17NO2S. The first kappa shape index (κ1) is 12.3. The third-order valence-electron chi connectivity index (χ3n) is 2.87. The fraction of sp³-hybridized carbons (Fsp3) is 0.462. The zero-order valence-electron chi connectivity index (χ0n) is 9.94. The molecule has 1 saturated heterocycles. The number of carbonyl (C=O) groups excluding carboxylic acids is 1. The number of benzene rings is 1. The summed E-state index contributed by atoms with van der Waals surface area (Å²) in [5, 5.41) is 2.95. The van der Waals surface area contributed by atoms with E-state index in [1.165, 1.54) is 5.75 Å². The highest BCUT2D eigenvalue weighted by atomic mass is 32.2. The van der Waals surface area contributed by atoms with Crippen molar-refractivity contribution in [3.05, 3.63) is 24.3 Å². The summed E-state index contributed by atoms with van der Waals surface area (Å²) >= 11 is 1.86. The number of amides is 1. The lowest BCUT2D eigenvalue weighted by atomic mass is 10.0. The quantitative estimate of drug-likeness (QED) is 0.897. The SMILES string of the molecule is COc1cccc(NC(=O)C2CCCSC2)c1. The van der Waals surface area contributed by atoms with Crippen LogP contribution < -0.4 is 10.1 Å². The molecule has 0 bridgehead atoms. The maximum Gasteiger partial charge on any atom is 0.228 e. The van der Waals surface area contributed by atoms with Gasteiger partial charge in [-0.25, -0.2) is 0 Å². The molecule has 1 atom stereocenters. The lowest BCUT2D eigenvalue weighted by molar-refractivity contribution is -0.119. The van der Waals surface area contributed by atoms with Crippen LogP contribution in [0.3, 0.4) is 0 Å². The maximum atomic E-state index is 12.0. The molecule has 0 aromatic heterocycles. The van der Waals surface area contributed by atoms with E-state index in [1.807, 2.05) is 36.0 Å². The topological polar surface area (TPSA) is 38.3 Å². The minimum Gasteiger partial charge on any atom is -0.497 e. The Hall–Kier alpha value is -1.16. The van der Waals surface area contributed by atoms with Gasteiger partial charge in [-0.1, -0.05) is 6.07 Å². The smallest absolute Gasteiger partial charge is 0.228 e. The van der Waals surface area contributed by atoms with Crippen molar-refractivity contribution < 1.29 is 9.53 Å². The Morgan fingerprint density at radius 2 is 2.41 bits per heavy atom. The Kier molecular flexibility index (Phi) is 4.31. The molecule has 0 spiro atoms. The second-order valence-electron chi connectivity index (χ2n) is 4.14. The van der Waals surface area contributed by atoms with Crippen LogP contribution in [0.15, 0.2) is 24.3 Å². The Morgan fingerprint density at radius 1 is 1.53 bits per heavy atom. The lowest BCUT2D eigenvalue weighted by Crippen LogP contribution is -2.27. The fourth-order valence-corrected chi connectivity index (χ4v) is 3.03. The normalized spacial score (nSPS) is 19.7. The van der Waals surface area contributed by atoms with Gasteiger partial charge in [-0.15, -0.1) is 0 Å². The number of hydrogen-bond acceptors (Lipinski definition) is 3. The summed E-state index contributed by atoms with van der Waals surface area (Å²) in [6.07, 6.45) is 2.14. The molecule has 92 valence electrons. The Bertz CT molecular complexity index is 389. The van der Waals surface area contributed by atoms with Crippen molar-refractivity contribution in [2.24, 2.45) is 5.92 Å². The molecule has 1 N–H and O–H groups in total. The molecular weight excluding hydrogens is 234 g/mol. The zero-order chi connectivity index (χ0) is 12.1. The average molecular weight is 251 g/mol. The lowest BCUT2D eigenvalue weighted by Gasteiger charge is -2.20. The van der Waals surface area contributed by atoms with Gasteiger partial charge >= 0.3 is 0 Å². The highest BCUT2D eigenvalue weighted by molar-refractivity contribution is 7.99. The van der Waals surface area contributed by atoms with Crippen LogP contribution in [0.25, 0.3) is 0 Å². The third-order valence-corrected chi connectivity index (χ3v) is 4.08. The minimum atomic E-state index is 0.130. The van der Waals surface area contributed by atoms with E-state index in [-0.39, 0.29) is 11.8 Å². The van der Waals surface area contributed by atoms with Crippen LogP contribution in [0.5, 0.6) is 5.75 Å². The number of ether oxygens (including phenoxy) is 1. The molecule has 3 nitrogen and oxygen atoms in total. The first-order valence-electron chi connectivity index (χ1n) is 5.82. The van der Waals surface area contributed by atoms with Crippen LogP contribution in [-0.4, -0.2) is 24.5 Å². The Labute approximate surface area is 106 Å². The van der Waals surface area contributed by atoms with Gasteiger partial charge in [0.05, 0.1) is 7.11 Å². The molecule has 0 saturated carbocycles. The van der Waals surface area contributed by atoms with Gasteiger partial charge in [0.2, 0.25) is 5.91 Å². The van der Waals surface area contributed by atoms with Gasteiger partial charge in [-0.3, -0.25) is 4.79 Å². The molecule has 1 unspecified atom stereocenters. The van der Waals surface area contributed by atoms with E-state index < -0.39 is 0 Å². The fourth-order valence-electron chi connectivity index (χ4n) is 1.89. The standard InChI is InChI=1S/C13H17NO2S/c1-16-12-6-2-5-11(8-12)14-13(15)10-4-3-7-17-9-10/h2,5-6,8,10H,3-4,7,9H2,1H3,(H,14,15). The molecule has 4 heteroatoms. The predicted octanol–water partition coefficient (Wildman–Crippen LogP) is 2.78. The van der Waals surface area contributed by atoms with Gasteiger partial charge < -0.3 is 10.1 Å². The first-order valence-corrected chi connectivity index (χ1v) is 6.98. The van der Waals surface area contributed by atoms with Crippen LogP contribution in [-0.2, 0) is 4.79 Å². The molecule has 0 radical (unpaired) electrons. The summed E-state index contributed by atoms with van der Waals surface area (Å²) < 4.78 is 5.13. The van der Waals surface area contributed by atoms with Crippen LogP contribution in [0.1, 0.15) is 12.8 Å². The Morgan fingerprint density at radius 3 is 3.12 bits per heavy atom. The summed E-state index contributed by atoms with van der Waals surface area (Å²) in [5.41, 5.74) is 0.810. The molecule has 0 aliphatic carbocycles. The van der Waals surface area contributed by atoms with Gasteiger partial charge in [0.15, 0.2) is 0 Å². The number of methoxy groups -OCH3 is 1. The summed E-state index contributed by atoms with van der Waals surface area (Å²) in [7, 11) is 1.62. The van der Waals surface area contributed by atoms with Gasteiger partial charge in [0, 0.05) is 23.4 Å². The van der Waals surface area contributed by atoms with Crippen LogP contribution in [0.2, 0.25) is 0 Å². The number of thioether (sulfide) groups is 1. The highest BCUT2D eigenvalue weighted by Crippen LogP contribution is 2.24. The van der Waals surface area contributed by atoms with Crippen molar-refractivity contribution in [1.82, 2.24) is 0 Å². The van der Waals surface area contributed by atoms with Crippen molar-refractivity contribution in [1.29, 1.82) is 0 Å². The molecule has 1 heterocycles. The molecule has 1 amide bonds. The minimum absolute atomic E-state index is 0.130.